The largest absolute Gasteiger partial charge is 0.497 e. The van der Waals surface area contributed by atoms with E-state index in [2.05, 4.69) is 0 Å². The Morgan fingerprint density at radius 2 is 1.52 bits per heavy atom. The van der Waals surface area contributed by atoms with Gasteiger partial charge in [0.2, 0.25) is 0 Å². The highest BCUT2D eigenvalue weighted by atomic mass is 16.5. The average Bonchev–Trinajstić information content (AvgIpc) is 2.81. The van der Waals surface area contributed by atoms with Crippen LogP contribution in [0.4, 0.5) is 0 Å². The van der Waals surface area contributed by atoms with E-state index in [0.717, 1.165) is 10.9 Å². The van der Waals surface area contributed by atoms with E-state index < -0.39 is 17.2 Å². The van der Waals surface area contributed by atoms with Gasteiger partial charge in [-0.05, 0) is 43.2 Å². The Bertz CT molecular complexity index is 1460. The van der Waals surface area contributed by atoms with E-state index in [1.54, 1.807) is 30.3 Å². The molecule has 0 bridgehead atoms. The highest BCUT2D eigenvalue weighted by Gasteiger charge is 2.15. The molecule has 0 spiro atoms. The fourth-order valence-electron chi connectivity index (χ4n) is 3.70. The van der Waals surface area contributed by atoms with Crippen molar-refractivity contribution in [1.82, 2.24) is 0 Å². The predicted molar refractivity (Wildman–Crippen MR) is 121 cm³/mol. The van der Waals surface area contributed by atoms with Crippen LogP contribution in [0.1, 0.15) is 23.1 Å². The third kappa shape index (κ3) is 4.59. The van der Waals surface area contributed by atoms with Crippen LogP contribution in [0.5, 0.6) is 11.5 Å². The molecule has 0 saturated heterocycles. The summed E-state index contributed by atoms with van der Waals surface area (Å²) in [5.41, 5.74) is 1.40. The zero-order valence-electron chi connectivity index (χ0n) is 18.4. The summed E-state index contributed by atoms with van der Waals surface area (Å²) in [6, 6.07) is 11.6. The number of rotatable bonds is 7. The molecule has 2 heterocycles. The van der Waals surface area contributed by atoms with Gasteiger partial charge in [0, 0.05) is 46.5 Å². The summed E-state index contributed by atoms with van der Waals surface area (Å²) >= 11 is 0. The number of hydrogen-bond donors (Lipinski definition) is 0. The van der Waals surface area contributed by atoms with Crippen molar-refractivity contribution in [2.24, 2.45) is 0 Å². The molecule has 0 fully saturated rings. The summed E-state index contributed by atoms with van der Waals surface area (Å²) in [4.78, 5) is 36.7. The molecule has 0 aliphatic heterocycles. The van der Waals surface area contributed by atoms with Gasteiger partial charge in [-0.1, -0.05) is 0 Å². The quantitative estimate of drug-likeness (QED) is 0.308. The molecule has 33 heavy (non-hydrogen) atoms. The second-order valence-corrected chi connectivity index (χ2v) is 7.47. The Labute approximate surface area is 188 Å². The van der Waals surface area contributed by atoms with Crippen molar-refractivity contribution in [3.8, 4) is 11.5 Å². The Balaban J connectivity index is 1.48. The molecular weight excluding hydrogens is 428 g/mol. The normalized spacial score (nSPS) is 11.0. The van der Waals surface area contributed by atoms with Gasteiger partial charge in [-0.15, -0.1) is 0 Å². The maximum atomic E-state index is 12.5. The molecule has 0 N–H and O–H groups in total. The first-order valence-electron chi connectivity index (χ1n) is 10.3. The number of benzene rings is 2. The molecule has 8 nitrogen and oxygen atoms in total. The standard InChI is InChI=1S/C25H22O8/c1-14-18-6-4-16(29-2)11-21(18)33-25(28)19(14)8-9-23(26)31-13-15-10-24(27)32-22-12-17(30-3)5-7-20(15)22/h4-7,10-12H,8-9,13H2,1-3H3. The van der Waals surface area contributed by atoms with Gasteiger partial charge in [0.05, 0.1) is 14.2 Å². The molecule has 0 atom stereocenters. The van der Waals surface area contributed by atoms with Gasteiger partial charge >= 0.3 is 17.2 Å². The summed E-state index contributed by atoms with van der Waals surface area (Å²) in [6.07, 6.45) is 0.157. The van der Waals surface area contributed by atoms with Crippen molar-refractivity contribution in [1.29, 1.82) is 0 Å². The van der Waals surface area contributed by atoms with E-state index in [0.29, 0.717) is 39.2 Å². The summed E-state index contributed by atoms with van der Waals surface area (Å²) in [6.45, 7) is 1.72. The van der Waals surface area contributed by atoms with Gasteiger partial charge in [0.15, 0.2) is 0 Å². The number of aryl methyl sites for hydroxylation is 1. The van der Waals surface area contributed by atoms with E-state index in [-0.39, 0.29) is 19.4 Å². The first-order chi connectivity index (χ1) is 15.9. The highest BCUT2D eigenvalue weighted by Crippen LogP contribution is 2.25. The Kier molecular flexibility index (Phi) is 6.17. The lowest BCUT2D eigenvalue weighted by atomic mass is 10.0. The number of ether oxygens (including phenoxy) is 3. The molecule has 0 aliphatic rings. The van der Waals surface area contributed by atoms with Crippen molar-refractivity contribution >= 4 is 27.9 Å². The minimum absolute atomic E-state index is 0.0134. The minimum atomic E-state index is -0.553. The van der Waals surface area contributed by atoms with Crippen LogP contribution >= 0.6 is 0 Å². The average molecular weight is 450 g/mol. The summed E-state index contributed by atoms with van der Waals surface area (Å²) in [5, 5.41) is 1.42. The molecule has 0 unspecified atom stereocenters. The van der Waals surface area contributed by atoms with Gasteiger partial charge in [0.1, 0.15) is 29.3 Å². The third-order valence-electron chi connectivity index (χ3n) is 5.50. The smallest absolute Gasteiger partial charge is 0.339 e. The van der Waals surface area contributed by atoms with Gasteiger partial charge in [-0.25, -0.2) is 9.59 Å². The number of methoxy groups -OCH3 is 2. The number of hydrogen-bond acceptors (Lipinski definition) is 8. The molecular formula is C25H22O8. The molecule has 8 heteroatoms. The van der Waals surface area contributed by atoms with Crippen LogP contribution in [-0.2, 0) is 22.6 Å². The zero-order chi connectivity index (χ0) is 23.5. The molecule has 0 amide bonds. The number of carbonyl (C=O) groups excluding carboxylic acids is 1. The molecule has 0 radical (unpaired) electrons. The van der Waals surface area contributed by atoms with Crippen molar-refractivity contribution in [3.05, 3.63) is 80.0 Å². The second kappa shape index (κ2) is 9.20. The van der Waals surface area contributed by atoms with E-state index in [4.69, 9.17) is 23.0 Å². The maximum absolute atomic E-state index is 12.5. The fraction of sp³-hybridized carbons (Fsp3) is 0.240. The number of carbonyl (C=O) groups is 1. The summed E-state index contributed by atoms with van der Waals surface area (Å²) in [5.74, 6) is 0.628. The van der Waals surface area contributed by atoms with E-state index in [1.807, 2.05) is 13.0 Å². The molecule has 0 saturated carbocycles. The van der Waals surface area contributed by atoms with Crippen LogP contribution in [0.2, 0.25) is 0 Å². The van der Waals surface area contributed by atoms with E-state index >= 15 is 0 Å². The van der Waals surface area contributed by atoms with Crippen molar-refractivity contribution in [3.63, 3.8) is 0 Å². The Hall–Kier alpha value is -4.07. The van der Waals surface area contributed by atoms with Crippen molar-refractivity contribution < 1.29 is 27.8 Å². The van der Waals surface area contributed by atoms with Crippen LogP contribution in [-0.4, -0.2) is 20.2 Å². The van der Waals surface area contributed by atoms with Crippen LogP contribution in [0.3, 0.4) is 0 Å². The summed E-state index contributed by atoms with van der Waals surface area (Å²) < 4.78 is 26.3. The van der Waals surface area contributed by atoms with Crippen LogP contribution in [0, 0.1) is 6.92 Å². The second-order valence-electron chi connectivity index (χ2n) is 7.47. The van der Waals surface area contributed by atoms with Crippen LogP contribution in [0.25, 0.3) is 21.9 Å². The van der Waals surface area contributed by atoms with Gasteiger partial charge in [-0.3, -0.25) is 4.79 Å². The van der Waals surface area contributed by atoms with Crippen LogP contribution < -0.4 is 20.7 Å². The van der Waals surface area contributed by atoms with Gasteiger partial charge in [0.25, 0.3) is 0 Å². The molecule has 170 valence electrons. The van der Waals surface area contributed by atoms with Gasteiger partial charge < -0.3 is 23.0 Å². The third-order valence-corrected chi connectivity index (χ3v) is 5.50. The Morgan fingerprint density at radius 1 is 0.879 bits per heavy atom. The number of esters is 1. The van der Waals surface area contributed by atoms with Crippen molar-refractivity contribution in [2.45, 2.75) is 26.4 Å². The van der Waals surface area contributed by atoms with Gasteiger partial charge in [-0.2, -0.15) is 0 Å². The zero-order valence-corrected chi connectivity index (χ0v) is 18.4. The van der Waals surface area contributed by atoms with Crippen LogP contribution in [0.15, 0.2) is 60.9 Å². The van der Waals surface area contributed by atoms with Crippen molar-refractivity contribution in [2.75, 3.05) is 14.2 Å². The Morgan fingerprint density at radius 3 is 2.18 bits per heavy atom. The molecule has 0 aliphatic carbocycles. The molecule has 2 aromatic heterocycles. The maximum Gasteiger partial charge on any atom is 0.339 e. The summed E-state index contributed by atoms with van der Waals surface area (Å²) in [7, 11) is 3.05. The van der Waals surface area contributed by atoms with E-state index in [1.165, 1.54) is 20.3 Å². The molecule has 4 rings (SSSR count). The first kappa shape index (κ1) is 22.1. The molecule has 4 aromatic rings. The lowest BCUT2D eigenvalue weighted by Gasteiger charge is -2.10. The number of fused-ring (bicyclic) bond motifs is 2. The molecule has 2 aromatic carbocycles. The highest BCUT2D eigenvalue weighted by molar-refractivity contribution is 5.83. The SMILES string of the molecule is COc1ccc2c(COC(=O)CCc3c(C)c4ccc(OC)cc4oc3=O)cc(=O)oc2c1. The lowest BCUT2D eigenvalue weighted by Crippen LogP contribution is -2.14. The predicted octanol–water partition coefficient (Wildman–Crippen LogP) is 3.90. The minimum Gasteiger partial charge on any atom is -0.497 e. The lowest BCUT2D eigenvalue weighted by molar-refractivity contribution is -0.144. The van der Waals surface area contributed by atoms with E-state index in [9.17, 15) is 14.4 Å². The first-order valence-corrected chi connectivity index (χ1v) is 10.3. The monoisotopic (exact) mass is 450 g/mol. The fourth-order valence-corrected chi connectivity index (χ4v) is 3.70. The topological polar surface area (TPSA) is 105 Å².